The van der Waals surface area contributed by atoms with Gasteiger partial charge in [-0.25, -0.2) is 0 Å². The molecule has 0 heterocycles. The molecule has 10 heteroatoms. The molecule has 3 rings (SSSR count). The standard InChI is InChI=1S/C24H17BrClN3O5/c1-33-22-9-4-16(11-23(22)34-14-15-2-5-18(25)6-3-15)10-17(13-27)24(30)28-21-8-7-19(29(31)32)12-20(21)26/h2-12H,14H2,1H3,(H,28,30)/b17-10-. The number of nitro benzene ring substituents is 1. The van der Waals surface area contributed by atoms with Crippen molar-refractivity contribution < 1.29 is 19.2 Å². The molecule has 0 atom stereocenters. The lowest BCUT2D eigenvalue weighted by Crippen LogP contribution is -2.13. The lowest BCUT2D eigenvalue weighted by molar-refractivity contribution is -0.384. The zero-order valence-corrected chi connectivity index (χ0v) is 20.1. The Balaban J connectivity index is 1.80. The van der Waals surface area contributed by atoms with Crippen molar-refractivity contribution in [2.75, 3.05) is 12.4 Å². The third-order valence-electron chi connectivity index (χ3n) is 4.58. The Kier molecular flexibility index (Phi) is 8.24. The van der Waals surface area contributed by atoms with Crippen molar-refractivity contribution in [1.29, 1.82) is 5.26 Å². The summed E-state index contributed by atoms with van der Waals surface area (Å²) in [7, 11) is 1.51. The minimum Gasteiger partial charge on any atom is -0.493 e. The number of ether oxygens (including phenoxy) is 2. The van der Waals surface area contributed by atoms with Crippen LogP contribution < -0.4 is 14.8 Å². The Morgan fingerprint density at radius 1 is 1.18 bits per heavy atom. The van der Waals surface area contributed by atoms with Gasteiger partial charge in [-0.15, -0.1) is 0 Å². The van der Waals surface area contributed by atoms with Crippen molar-refractivity contribution in [3.63, 3.8) is 0 Å². The molecule has 0 aliphatic carbocycles. The smallest absolute Gasteiger partial charge is 0.271 e. The summed E-state index contributed by atoms with van der Waals surface area (Å²) in [4.78, 5) is 22.9. The summed E-state index contributed by atoms with van der Waals surface area (Å²) < 4.78 is 12.2. The van der Waals surface area contributed by atoms with Gasteiger partial charge in [-0.2, -0.15) is 5.26 Å². The van der Waals surface area contributed by atoms with Gasteiger partial charge in [0.15, 0.2) is 11.5 Å². The predicted molar refractivity (Wildman–Crippen MR) is 132 cm³/mol. The number of nitriles is 1. The maximum absolute atomic E-state index is 12.6. The monoisotopic (exact) mass is 541 g/mol. The van der Waals surface area contributed by atoms with Crippen LogP contribution >= 0.6 is 27.5 Å². The Bertz CT molecular complexity index is 1300. The number of nitrogens with one attached hydrogen (secondary N) is 1. The molecule has 3 aromatic carbocycles. The van der Waals surface area contributed by atoms with Crippen LogP contribution in [0.1, 0.15) is 11.1 Å². The number of hydrogen-bond acceptors (Lipinski definition) is 6. The highest BCUT2D eigenvalue weighted by Crippen LogP contribution is 2.30. The first-order valence-electron chi connectivity index (χ1n) is 9.73. The van der Waals surface area contributed by atoms with E-state index in [1.54, 1.807) is 18.2 Å². The first kappa shape index (κ1) is 24.8. The summed E-state index contributed by atoms with van der Waals surface area (Å²) >= 11 is 9.41. The number of rotatable bonds is 8. The average Bonchev–Trinajstić information content (AvgIpc) is 2.83. The molecule has 34 heavy (non-hydrogen) atoms. The van der Waals surface area contributed by atoms with Gasteiger partial charge in [0.1, 0.15) is 18.2 Å². The van der Waals surface area contributed by atoms with Gasteiger partial charge in [0.25, 0.3) is 11.6 Å². The SMILES string of the molecule is COc1ccc(/C=C(/C#N)C(=O)Nc2ccc([N+](=O)[O-])cc2Cl)cc1OCc1ccc(Br)cc1. The van der Waals surface area contributed by atoms with Crippen molar-refractivity contribution >= 4 is 50.9 Å². The van der Waals surface area contributed by atoms with Crippen molar-refractivity contribution in [2.45, 2.75) is 6.61 Å². The molecule has 0 radical (unpaired) electrons. The molecule has 172 valence electrons. The largest absolute Gasteiger partial charge is 0.493 e. The molecule has 0 aliphatic heterocycles. The molecular weight excluding hydrogens is 526 g/mol. The van der Waals surface area contributed by atoms with Crippen molar-refractivity contribution in [2.24, 2.45) is 0 Å². The molecule has 0 aromatic heterocycles. The average molecular weight is 543 g/mol. The second-order valence-corrected chi connectivity index (χ2v) is 8.19. The number of halogens is 2. The number of hydrogen-bond donors (Lipinski definition) is 1. The van der Waals surface area contributed by atoms with Crippen LogP contribution in [0.15, 0.2) is 70.7 Å². The van der Waals surface area contributed by atoms with Crippen LogP contribution in [-0.4, -0.2) is 17.9 Å². The van der Waals surface area contributed by atoms with Gasteiger partial charge in [-0.3, -0.25) is 14.9 Å². The summed E-state index contributed by atoms with van der Waals surface area (Å²) in [6.07, 6.45) is 1.39. The van der Waals surface area contributed by atoms with Gasteiger partial charge in [0.2, 0.25) is 0 Å². The molecule has 3 aromatic rings. The van der Waals surface area contributed by atoms with E-state index < -0.39 is 10.8 Å². The first-order chi connectivity index (χ1) is 16.3. The molecule has 0 bridgehead atoms. The van der Waals surface area contributed by atoms with E-state index in [1.807, 2.05) is 30.3 Å². The summed E-state index contributed by atoms with van der Waals surface area (Å²) in [6.45, 7) is 0.293. The third kappa shape index (κ3) is 6.34. The number of benzene rings is 3. The number of nitro groups is 1. The Hall–Kier alpha value is -3.87. The van der Waals surface area contributed by atoms with Crippen LogP contribution in [0.4, 0.5) is 11.4 Å². The number of amides is 1. The van der Waals surface area contributed by atoms with E-state index in [4.69, 9.17) is 21.1 Å². The fraction of sp³-hybridized carbons (Fsp3) is 0.0833. The van der Waals surface area contributed by atoms with E-state index in [9.17, 15) is 20.2 Å². The summed E-state index contributed by atoms with van der Waals surface area (Å²) in [5, 5.41) is 22.8. The highest BCUT2D eigenvalue weighted by Gasteiger charge is 2.15. The van der Waals surface area contributed by atoms with Gasteiger partial charge in [-0.05, 0) is 47.5 Å². The Labute approximate surface area is 208 Å². The molecule has 0 saturated carbocycles. The first-order valence-corrected chi connectivity index (χ1v) is 10.9. The normalized spacial score (nSPS) is 10.8. The molecule has 0 aliphatic rings. The van der Waals surface area contributed by atoms with E-state index in [1.165, 1.54) is 25.3 Å². The number of anilines is 1. The maximum atomic E-state index is 12.6. The second-order valence-electron chi connectivity index (χ2n) is 6.87. The fourth-order valence-corrected chi connectivity index (χ4v) is 3.35. The number of nitrogens with zero attached hydrogens (tertiary/aromatic N) is 2. The van der Waals surface area contributed by atoms with Gasteiger partial charge >= 0.3 is 0 Å². The topological polar surface area (TPSA) is 114 Å². The van der Waals surface area contributed by atoms with E-state index >= 15 is 0 Å². The van der Waals surface area contributed by atoms with Crippen molar-refractivity contribution in [3.05, 3.63) is 97.0 Å². The van der Waals surface area contributed by atoms with Crippen molar-refractivity contribution in [1.82, 2.24) is 0 Å². The van der Waals surface area contributed by atoms with Crippen LogP contribution in [0, 0.1) is 21.4 Å². The van der Waals surface area contributed by atoms with Gasteiger partial charge < -0.3 is 14.8 Å². The number of non-ortho nitro benzene ring substituents is 1. The lowest BCUT2D eigenvalue weighted by atomic mass is 10.1. The van der Waals surface area contributed by atoms with Crippen LogP contribution in [0.3, 0.4) is 0 Å². The highest BCUT2D eigenvalue weighted by atomic mass is 79.9. The minimum atomic E-state index is -0.716. The quantitative estimate of drug-likeness (QED) is 0.158. The Morgan fingerprint density at radius 2 is 1.91 bits per heavy atom. The van der Waals surface area contributed by atoms with E-state index in [-0.39, 0.29) is 22.0 Å². The number of carbonyl (C=O) groups is 1. The van der Waals surface area contributed by atoms with Crippen LogP contribution in [0.25, 0.3) is 6.08 Å². The number of methoxy groups -OCH3 is 1. The predicted octanol–water partition coefficient (Wildman–Crippen LogP) is 6.14. The van der Waals surface area contributed by atoms with Gasteiger partial charge in [0, 0.05) is 16.6 Å². The van der Waals surface area contributed by atoms with Gasteiger partial charge in [-0.1, -0.05) is 45.7 Å². The van der Waals surface area contributed by atoms with E-state index in [0.717, 1.165) is 16.1 Å². The van der Waals surface area contributed by atoms with E-state index in [0.29, 0.717) is 23.7 Å². The van der Waals surface area contributed by atoms with E-state index in [2.05, 4.69) is 21.2 Å². The number of carbonyl (C=O) groups excluding carboxylic acids is 1. The zero-order valence-electron chi connectivity index (χ0n) is 17.7. The zero-order chi connectivity index (χ0) is 24.7. The highest BCUT2D eigenvalue weighted by molar-refractivity contribution is 9.10. The summed E-state index contributed by atoms with van der Waals surface area (Å²) in [5.41, 5.74) is 1.22. The minimum absolute atomic E-state index is 0.0204. The maximum Gasteiger partial charge on any atom is 0.271 e. The van der Waals surface area contributed by atoms with Gasteiger partial charge in [0.05, 0.1) is 22.7 Å². The van der Waals surface area contributed by atoms with Crippen LogP contribution in [0.5, 0.6) is 11.5 Å². The Morgan fingerprint density at radius 3 is 2.53 bits per heavy atom. The van der Waals surface area contributed by atoms with Crippen molar-refractivity contribution in [3.8, 4) is 17.6 Å². The molecule has 0 spiro atoms. The molecule has 0 unspecified atom stereocenters. The summed E-state index contributed by atoms with van der Waals surface area (Å²) in [6, 6.07) is 18.1. The summed E-state index contributed by atoms with van der Waals surface area (Å²) in [5.74, 6) is 0.219. The fourth-order valence-electron chi connectivity index (χ4n) is 2.86. The second kappa shape index (κ2) is 11.3. The van der Waals surface area contributed by atoms with Crippen LogP contribution in [0.2, 0.25) is 5.02 Å². The molecular formula is C24H17BrClN3O5. The third-order valence-corrected chi connectivity index (χ3v) is 5.42. The van der Waals surface area contributed by atoms with Crippen LogP contribution in [-0.2, 0) is 11.4 Å². The molecule has 0 fully saturated rings. The molecule has 0 saturated heterocycles. The lowest BCUT2D eigenvalue weighted by Gasteiger charge is -2.12. The molecule has 1 amide bonds. The molecule has 1 N–H and O–H groups in total. The molecule has 8 nitrogen and oxygen atoms in total.